The highest BCUT2D eigenvalue weighted by Crippen LogP contribution is 2.14. The lowest BCUT2D eigenvalue weighted by molar-refractivity contribution is 1.09. The molecule has 2 heterocycles. The average Bonchev–Trinajstić information content (AvgIpc) is 2.72. The van der Waals surface area contributed by atoms with Gasteiger partial charge in [-0.3, -0.25) is 5.10 Å². The van der Waals surface area contributed by atoms with Crippen molar-refractivity contribution in [2.45, 2.75) is 13.5 Å². The van der Waals surface area contributed by atoms with Gasteiger partial charge in [0.25, 0.3) is 0 Å². The monoisotopic (exact) mass is 192 g/mol. The first-order chi connectivity index (χ1) is 6.75. The highest BCUT2D eigenvalue weighted by atomic mass is 15.1. The number of aryl methyl sites for hydroxylation is 1. The minimum Gasteiger partial charge on any atom is -0.382 e. The van der Waals surface area contributed by atoms with Gasteiger partial charge < -0.3 is 16.0 Å². The lowest BCUT2D eigenvalue weighted by Crippen LogP contribution is -2.01. The number of rotatable bonds is 3. The molecule has 0 atom stereocenters. The highest BCUT2D eigenvalue weighted by molar-refractivity contribution is 5.56. The van der Waals surface area contributed by atoms with E-state index in [9.17, 15) is 0 Å². The number of aromatic nitrogens is 4. The molecular weight excluding hydrogens is 180 g/mol. The summed E-state index contributed by atoms with van der Waals surface area (Å²) in [4.78, 5) is 7.11. The molecule has 0 amide bonds. The van der Waals surface area contributed by atoms with E-state index in [1.807, 2.05) is 13.1 Å². The molecule has 0 aromatic carbocycles. The first-order valence-electron chi connectivity index (χ1n) is 4.29. The van der Waals surface area contributed by atoms with Gasteiger partial charge in [0.2, 0.25) is 0 Å². The van der Waals surface area contributed by atoms with Gasteiger partial charge >= 0.3 is 0 Å². The van der Waals surface area contributed by atoms with Crippen LogP contribution in [0.1, 0.15) is 11.4 Å². The molecular formula is C8H12N6. The lowest BCUT2D eigenvalue weighted by Gasteiger charge is -2.00. The van der Waals surface area contributed by atoms with Crippen LogP contribution in [0.4, 0.5) is 11.6 Å². The fraction of sp³-hybridized carbons (Fsp3) is 0.250. The van der Waals surface area contributed by atoms with Crippen LogP contribution in [-0.4, -0.2) is 20.2 Å². The third-order valence-electron chi connectivity index (χ3n) is 1.87. The van der Waals surface area contributed by atoms with E-state index in [2.05, 4.69) is 25.5 Å². The molecule has 2 aromatic rings. The Bertz CT molecular complexity index is 401. The van der Waals surface area contributed by atoms with Crippen LogP contribution in [0, 0.1) is 6.92 Å². The third kappa shape index (κ3) is 1.68. The van der Waals surface area contributed by atoms with Crippen molar-refractivity contribution in [1.82, 2.24) is 20.2 Å². The number of nitrogens with one attached hydrogen (secondary N) is 3. The first-order valence-corrected chi connectivity index (χ1v) is 4.29. The molecule has 14 heavy (non-hydrogen) atoms. The van der Waals surface area contributed by atoms with Crippen molar-refractivity contribution in [3.05, 3.63) is 23.8 Å². The molecule has 0 bridgehead atoms. The average molecular weight is 192 g/mol. The summed E-state index contributed by atoms with van der Waals surface area (Å²) in [5.41, 5.74) is 6.74. The van der Waals surface area contributed by atoms with Crippen LogP contribution in [0.2, 0.25) is 0 Å². The Balaban J connectivity index is 2.01. The quantitative estimate of drug-likeness (QED) is 0.573. The number of imidazole rings is 1. The number of nitrogens with two attached hydrogens (primary N) is 1. The number of nitrogen functional groups attached to an aromatic ring is 1. The van der Waals surface area contributed by atoms with Crippen molar-refractivity contribution >= 4 is 11.6 Å². The van der Waals surface area contributed by atoms with Crippen molar-refractivity contribution in [2.24, 2.45) is 0 Å². The number of H-pyrrole nitrogens is 2. The summed E-state index contributed by atoms with van der Waals surface area (Å²) in [6.45, 7) is 2.52. The van der Waals surface area contributed by atoms with Crippen LogP contribution in [0.15, 0.2) is 12.4 Å². The number of hydrogen-bond acceptors (Lipinski definition) is 4. The standard InChI is InChI=1S/C8H12N6/c1-5-13-7(9)8(14-5)10-2-6-3-11-12-4-6/h3-4,10H,2,9H2,1H3,(H,11,12)(H,13,14). The van der Waals surface area contributed by atoms with Crippen molar-refractivity contribution in [2.75, 3.05) is 11.1 Å². The maximum atomic E-state index is 5.68. The molecule has 0 saturated heterocycles. The van der Waals surface area contributed by atoms with E-state index >= 15 is 0 Å². The summed E-state index contributed by atoms with van der Waals surface area (Å²) in [6.07, 6.45) is 3.57. The van der Waals surface area contributed by atoms with Crippen molar-refractivity contribution in [1.29, 1.82) is 0 Å². The zero-order chi connectivity index (χ0) is 9.97. The highest BCUT2D eigenvalue weighted by Gasteiger charge is 2.03. The van der Waals surface area contributed by atoms with Gasteiger partial charge in [0.05, 0.1) is 6.20 Å². The predicted molar refractivity (Wildman–Crippen MR) is 53.7 cm³/mol. The molecule has 0 radical (unpaired) electrons. The number of nitrogens with zero attached hydrogens (tertiary/aromatic N) is 2. The van der Waals surface area contributed by atoms with E-state index < -0.39 is 0 Å². The normalized spacial score (nSPS) is 10.4. The predicted octanol–water partition coefficient (Wildman–Crippen LogP) is 0.636. The zero-order valence-electron chi connectivity index (χ0n) is 7.83. The van der Waals surface area contributed by atoms with Gasteiger partial charge in [-0.25, -0.2) is 4.98 Å². The second-order valence-electron chi connectivity index (χ2n) is 3.04. The van der Waals surface area contributed by atoms with Crippen LogP contribution >= 0.6 is 0 Å². The summed E-state index contributed by atoms with van der Waals surface area (Å²) in [6, 6.07) is 0. The molecule has 0 spiro atoms. The Morgan fingerprint density at radius 1 is 1.57 bits per heavy atom. The summed E-state index contributed by atoms with van der Waals surface area (Å²) in [5, 5.41) is 9.68. The molecule has 74 valence electrons. The van der Waals surface area contributed by atoms with Crippen LogP contribution in [0.25, 0.3) is 0 Å². The molecule has 0 saturated carbocycles. The summed E-state index contributed by atoms with van der Waals surface area (Å²) in [7, 11) is 0. The molecule has 2 aromatic heterocycles. The van der Waals surface area contributed by atoms with E-state index in [4.69, 9.17) is 5.73 Å². The topological polar surface area (TPSA) is 95.4 Å². The van der Waals surface area contributed by atoms with Crippen molar-refractivity contribution < 1.29 is 0 Å². The van der Waals surface area contributed by atoms with E-state index in [1.165, 1.54) is 0 Å². The van der Waals surface area contributed by atoms with Crippen LogP contribution < -0.4 is 11.1 Å². The summed E-state index contributed by atoms with van der Waals surface area (Å²) < 4.78 is 0. The van der Waals surface area contributed by atoms with Crippen LogP contribution in [-0.2, 0) is 6.54 Å². The fourth-order valence-electron chi connectivity index (χ4n) is 1.20. The van der Waals surface area contributed by atoms with E-state index in [0.29, 0.717) is 18.2 Å². The van der Waals surface area contributed by atoms with Gasteiger partial charge in [-0.15, -0.1) is 0 Å². The Kier molecular flexibility index (Phi) is 2.10. The lowest BCUT2D eigenvalue weighted by atomic mass is 10.3. The smallest absolute Gasteiger partial charge is 0.169 e. The maximum absolute atomic E-state index is 5.68. The Morgan fingerprint density at radius 3 is 3.00 bits per heavy atom. The first kappa shape index (κ1) is 8.61. The molecule has 5 N–H and O–H groups in total. The van der Waals surface area contributed by atoms with E-state index in [-0.39, 0.29) is 0 Å². The molecule has 0 unspecified atom stereocenters. The molecule has 2 rings (SSSR count). The number of hydrogen-bond donors (Lipinski definition) is 4. The zero-order valence-corrected chi connectivity index (χ0v) is 7.83. The summed E-state index contributed by atoms with van der Waals surface area (Å²) >= 11 is 0. The molecule has 0 aliphatic carbocycles. The van der Waals surface area contributed by atoms with Gasteiger partial charge in [0.1, 0.15) is 11.6 Å². The van der Waals surface area contributed by atoms with Crippen LogP contribution in [0.5, 0.6) is 0 Å². The van der Waals surface area contributed by atoms with Crippen molar-refractivity contribution in [3.8, 4) is 0 Å². The second-order valence-corrected chi connectivity index (χ2v) is 3.04. The molecule has 0 aliphatic heterocycles. The largest absolute Gasteiger partial charge is 0.382 e. The molecule has 0 fully saturated rings. The fourth-order valence-corrected chi connectivity index (χ4v) is 1.20. The van der Waals surface area contributed by atoms with Gasteiger partial charge in [0, 0.05) is 18.3 Å². The molecule has 6 nitrogen and oxygen atoms in total. The maximum Gasteiger partial charge on any atom is 0.169 e. The van der Waals surface area contributed by atoms with Gasteiger partial charge in [-0.1, -0.05) is 0 Å². The van der Waals surface area contributed by atoms with Crippen LogP contribution in [0.3, 0.4) is 0 Å². The second kappa shape index (κ2) is 3.41. The summed E-state index contributed by atoms with van der Waals surface area (Å²) in [5.74, 6) is 2.05. The Hall–Kier alpha value is -1.98. The van der Waals surface area contributed by atoms with E-state index in [1.54, 1.807) is 6.20 Å². The minimum absolute atomic E-state index is 0.561. The number of anilines is 2. The van der Waals surface area contributed by atoms with Gasteiger partial charge in [-0.2, -0.15) is 5.10 Å². The van der Waals surface area contributed by atoms with E-state index in [0.717, 1.165) is 11.4 Å². The Morgan fingerprint density at radius 2 is 2.43 bits per heavy atom. The van der Waals surface area contributed by atoms with Crippen molar-refractivity contribution in [3.63, 3.8) is 0 Å². The third-order valence-corrected chi connectivity index (χ3v) is 1.87. The van der Waals surface area contributed by atoms with Gasteiger partial charge in [-0.05, 0) is 6.92 Å². The SMILES string of the molecule is Cc1nc(NCc2cn[nH]c2)c(N)[nH]1. The molecule has 6 heteroatoms. The molecule has 0 aliphatic rings. The minimum atomic E-state index is 0.561. The number of aromatic amines is 2. The Labute approximate surface area is 80.9 Å². The van der Waals surface area contributed by atoms with Gasteiger partial charge in [0.15, 0.2) is 5.82 Å².